The zero-order valence-electron chi connectivity index (χ0n) is 33.2. The summed E-state index contributed by atoms with van der Waals surface area (Å²) in [6, 6.07) is 8.24. The first-order valence-corrected chi connectivity index (χ1v) is 18.3. The number of carbonyl (C=O) groups is 3. The standard InChI is InChI=1S/C40H40O23/c1-54-21-7-14(8-22(55-2)27(21)44)5-6-25(43)60-35-31(48)29(46)34(38(52)53)62-40(35)63-36-32(49)30(47)33(37(50)51)61-39(36)58-16-11-17(41)26-18(42)13-19(59-20(26)12-16)15-9-23(56-3)28(45)24(10-15)57-4/h5-13,29-36,39-41,44-49H,1-4H3,(H,50,51)(H,52,53). The van der Waals surface area contributed by atoms with Crippen LogP contribution in [0.25, 0.3) is 28.4 Å². The van der Waals surface area contributed by atoms with Crippen LogP contribution < -0.4 is 29.1 Å². The van der Waals surface area contributed by atoms with E-state index in [1.165, 1.54) is 58.8 Å². The van der Waals surface area contributed by atoms with Crippen LogP contribution in [0.4, 0.5) is 0 Å². The van der Waals surface area contributed by atoms with Crippen molar-refractivity contribution in [2.24, 2.45) is 0 Å². The van der Waals surface area contributed by atoms with Gasteiger partial charge in [0.2, 0.25) is 17.8 Å². The molecule has 1 aromatic heterocycles. The normalized spacial score (nSPS) is 25.9. The molecule has 2 saturated heterocycles. The molecule has 3 aromatic carbocycles. The number of fused-ring (bicyclic) bond motifs is 1. The van der Waals surface area contributed by atoms with Crippen LogP contribution in [0.3, 0.4) is 0 Å². The molecule has 338 valence electrons. The number of hydrogen-bond donors (Lipinski definition) is 9. The number of aromatic hydroxyl groups is 3. The zero-order valence-corrected chi connectivity index (χ0v) is 33.2. The number of phenols is 3. The number of esters is 1. The smallest absolute Gasteiger partial charge is 0.335 e. The second kappa shape index (κ2) is 18.6. The van der Waals surface area contributed by atoms with Crippen molar-refractivity contribution in [1.29, 1.82) is 0 Å². The van der Waals surface area contributed by atoms with Crippen molar-refractivity contribution in [2.45, 2.75) is 61.4 Å². The van der Waals surface area contributed by atoms with Crippen molar-refractivity contribution in [1.82, 2.24) is 0 Å². The summed E-state index contributed by atoms with van der Waals surface area (Å²) in [4.78, 5) is 50.6. The molecule has 0 amide bonds. The van der Waals surface area contributed by atoms with Crippen LogP contribution in [0.15, 0.2) is 57.8 Å². The fourth-order valence-electron chi connectivity index (χ4n) is 6.68. The quantitative estimate of drug-likeness (QED) is 0.0597. The summed E-state index contributed by atoms with van der Waals surface area (Å²) in [7, 11) is 5.06. The second-order valence-corrected chi connectivity index (χ2v) is 13.7. The molecule has 6 rings (SSSR count). The number of ether oxygens (including phenoxy) is 9. The minimum atomic E-state index is -2.30. The predicted molar refractivity (Wildman–Crippen MR) is 207 cm³/mol. The maximum absolute atomic E-state index is 13.3. The summed E-state index contributed by atoms with van der Waals surface area (Å²) in [5.74, 6) is -7.03. The number of aliphatic hydroxyl groups is 4. The summed E-state index contributed by atoms with van der Waals surface area (Å²) in [6.45, 7) is 0. The van der Waals surface area contributed by atoms with Gasteiger partial charge >= 0.3 is 17.9 Å². The SMILES string of the molecule is COc1cc(C=CC(=O)OC2C(OC3C(Oc4cc(O)c5c(=O)cc(-c6cc(OC)c(O)c(OC)c6)oc5c4)OC(C(=O)O)C(O)C3O)OC(C(=O)O)C(O)C2O)cc(OC)c1O. The Hall–Kier alpha value is -6.86. The zero-order chi connectivity index (χ0) is 46.0. The molecule has 23 heteroatoms. The Bertz CT molecular complexity index is 2410. The molecule has 2 aliphatic rings. The monoisotopic (exact) mass is 888 g/mol. The lowest BCUT2D eigenvalue weighted by molar-refractivity contribution is -0.350. The van der Waals surface area contributed by atoms with E-state index in [0.29, 0.717) is 0 Å². The van der Waals surface area contributed by atoms with Gasteiger partial charge in [-0.1, -0.05) is 0 Å². The third-order valence-electron chi connectivity index (χ3n) is 9.84. The molecule has 2 fully saturated rings. The Balaban J connectivity index is 1.34. The third kappa shape index (κ3) is 9.19. The molecular weight excluding hydrogens is 848 g/mol. The van der Waals surface area contributed by atoms with Crippen molar-refractivity contribution in [3.05, 3.63) is 64.3 Å². The molecular formula is C40H40O23. The highest BCUT2D eigenvalue weighted by Crippen LogP contribution is 2.42. The number of phenolic OH excluding ortho intramolecular Hbond substituents is 3. The Morgan fingerprint density at radius 2 is 1.16 bits per heavy atom. The first-order chi connectivity index (χ1) is 29.9. The van der Waals surface area contributed by atoms with Gasteiger partial charge in [0.1, 0.15) is 52.6 Å². The Labute approximate surface area is 353 Å². The molecule has 10 atom stereocenters. The first kappa shape index (κ1) is 45.7. The van der Waals surface area contributed by atoms with E-state index in [2.05, 4.69) is 0 Å². The fourth-order valence-corrected chi connectivity index (χ4v) is 6.68. The van der Waals surface area contributed by atoms with Crippen LogP contribution in [0, 0.1) is 0 Å². The number of benzene rings is 3. The van der Waals surface area contributed by atoms with E-state index in [0.717, 1.165) is 24.3 Å². The van der Waals surface area contributed by atoms with Crippen LogP contribution >= 0.6 is 0 Å². The van der Waals surface area contributed by atoms with Crippen LogP contribution in [0.1, 0.15) is 5.56 Å². The highest BCUT2D eigenvalue weighted by Gasteiger charge is 2.55. The Kier molecular flexibility index (Phi) is 13.5. The Morgan fingerprint density at radius 1 is 0.651 bits per heavy atom. The van der Waals surface area contributed by atoms with Gasteiger partial charge in [0.25, 0.3) is 0 Å². The van der Waals surface area contributed by atoms with Crippen molar-refractivity contribution in [2.75, 3.05) is 28.4 Å². The summed E-state index contributed by atoms with van der Waals surface area (Å²) in [5.41, 5.74) is -0.689. The molecule has 2 aliphatic heterocycles. The minimum absolute atomic E-state index is 0.0310. The van der Waals surface area contributed by atoms with Gasteiger partial charge in [-0.3, -0.25) is 4.79 Å². The van der Waals surface area contributed by atoms with E-state index in [1.54, 1.807) is 0 Å². The number of aliphatic carboxylic acids is 2. The molecule has 63 heavy (non-hydrogen) atoms. The van der Waals surface area contributed by atoms with E-state index < -0.39 is 96.2 Å². The molecule has 0 radical (unpaired) electrons. The van der Waals surface area contributed by atoms with E-state index in [4.69, 9.17) is 47.0 Å². The first-order valence-electron chi connectivity index (χ1n) is 18.3. The highest BCUT2D eigenvalue weighted by atomic mass is 16.8. The van der Waals surface area contributed by atoms with Crippen LogP contribution in [-0.2, 0) is 33.3 Å². The van der Waals surface area contributed by atoms with Gasteiger partial charge in [0.15, 0.2) is 59.1 Å². The average Bonchev–Trinajstić information content (AvgIpc) is 3.24. The largest absolute Gasteiger partial charge is 0.507 e. The van der Waals surface area contributed by atoms with Crippen molar-refractivity contribution >= 4 is 35.0 Å². The molecule has 0 aliphatic carbocycles. The van der Waals surface area contributed by atoms with Crippen LogP contribution in [0.2, 0.25) is 0 Å². The predicted octanol–water partition coefficient (Wildman–Crippen LogP) is 0.0630. The number of carboxylic acid groups (broad SMARTS) is 2. The lowest BCUT2D eigenvalue weighted by atomic mass is 9.96. The molecule has 0 bridgehead atoms. The number of rotatable bonds is 14. The number of carboxylic acids is 2. The van der Waals surface area contributed by atoms with Crippen LogP contribution in [0.5, 0.6) is 46.0 Å². The van der Waals surface area contributed by atoms with E-state index in [1.807, 2.05) is 0 Å². The van der Waals surface area contributed by atoms with Crippen molar-refractivity contribution in [3.63, 3.8) is 0 Å². The van der Waals surface area contributed by atoms with Gasteiger partial charge in [-0.25, -0.2) is 14.4 Å². The molecule has 23 nitrogen and oxygen atoms in total. The van der Waals surface area contributed by atoms with Gasteiger partial charge in [-0.2, -0.15) is 0 Å². The topological polar surface area (TPSA) is 347 Å². The van der Waals surface area contributed by atoms with E-state index in [-0.39, 0.29) is 62.4 Å². The number of hydrogen-bond acceptors (Lipinski definition) is 21. The molecule has 9 N–H and O–H groups in total. The van der Waals surface area contributed by atoms with E-state index in [9.17, 15) is 65.1 Å². The lowest BCUT2D eigenvalue weighted by Crippen LogP contribution is -2.66. The van der Waals surface area contributed by atoms with Crippen LogP contribution in [-0.4, -0.2) is 154 Å². The van der Waals surface area contributed by atoms with Gasteiger partial charge in [0, 0.05) is 29.8 Å². The van der Waals surface area contributed by atoms with Gasteiger partial charge in [-0.15, -0.1) is 0 Å². The maximum atomic E-state index is 13.3. The summed E-state index contributed by atoms with van der Waals surface area (Å²) in [5, 5.41) is 94.5. The van der Waals surface area contributed by atoms with Crippen molar-refractivity contribution in [3.8, 4) is 57.3 Å². The van der Waals surface area contributed by atoms with Gasteiger partial charge in [-0.05, 0) is 35.9 Å². The van der Waals surface area contributed by atoms with E-state index >= 15 is 0 Å². The second-order valence-electron chi connectivity index (χ2n) is 13.7. The maximum Gasteiger partial charge on any atom is 0.335 e. The van der Waals surface area contributed by atoms with Gasteiger partial charge in [0.05, 0.1) is 28.4 Å². The highest BCUT2D eigenvalue weighted by molar-refractivity contribution is 5.88. The van der Waals surface area contributed by atoms with Crippen molar-refractivity contribution < 1.29 is 107 Å². The summed E-state index contributed by atoms with van der Waals surface area (Å²) in [6.07, 6.45) is -20.2. The molecule has 4 aromatic rings. The molecule has 10 unspecified atom stereocenters. The minimum Gasteiger partial charge on any atom is -0.507 e. The number of aliphatic hydroxyl groups excluding tert-OH is 4. The van der Waals surface area contributed by atoms with Gasteiger partial charge < -0.3 is 93.0 Å². The number of carbonyl (C=O) groups excluding carboxylic acids is 1. The molecule has 0 spiro atoms. The third-order valence-corrected chi connectivity index (χ3v) is 9.84. The lowest BCUT2D eigenvalue weighted by Gasteiger charge is -2.45. The number of methoxy groups -OCH3 is 4. The summed E-state index contributed by atoms with van der Waals surface area (Å²) >= 11 is 0. The molecule has 0 saturated carbocycles. The fraction of sp³-hybridized carbons (Fsp3) is 0.350. The summed E-state index contributed by atoms with van der Waals surface area (Å²) < 4.78 is 54.3. The molecule has 3 heterocycles. The Morgan fingerprint density at radius 3 is 1.68 bits per heavy atom. The average molecular weight is 889 g/mol.